The van der Waals surface area contributed by atoms with Crippen LogP contribution < -0.4 is 16.0 Å². The van der Waals surface area contributed by atoms with Crippen LogP contribution in [0.4, 0.5) is 0 Å². The molecule has 0 radical (unpaired) electrons. The maximum absolute atomic E-state index is 14.1. The zero-order valence-electron chi connectivity index (χ0n) is 42.7. The van der Waals surface area contributed by atoms with Crippen LogP contribution in [0.3, 0.4) is 0 Å². The molecule has 0 aromatic rings. The van der Waals surface area contributed by atoms with Crippen LogP contribution in [0.5, 0.6) is 0 Å². The Morgan fingerprint density at radius 2 is 0.894 bits per heavy atom. The van der Waals surface area contributed by atoms with E-state index < -0.39 is 86.7 Å². The second kappa shape index (κ2) is 25.7. The minimum atomic E-state index is -1.46. The molecular formula is C48H84N4O14. The highest BCUT2D eigenvalue weighted by atomic mass is 16.6. The zero-order valence-corrected chi connectivity index (χ0v) is 42.7. The summed E-state index contributed by atoms with van der Waals surface area (Å²) in [4.78, 5) is 107. The molecule has 380 valence electrons. The quantitative estimate of drug-likeness (QED) is 0.0605. The summed E-state index contributed by atoms with van der Waals surface area (Å²) < 4.78 is 27.3. The third kappa shape index (κ3) is 20.3. The monoisotopic (exact) mass is 941 g/mol. The maximum atomic E-state index is 14.1. The van der Waals surface area contributed by atoms with Gasteiger partial charge >= 0.3 is 23.9 Å². The van der Waals surface area contributed by atoms with E-state index >= 15 is 0 Å². The van der Waals surface area contributed by atoms with Crippen molar-refractivity contribution in [3.63, 3.8) is 0 Å². The Labute approximate surface area is 393 Å². The van der Waals surface area contributed by atoms with Crippen LogP contribution in [-0.4, -0.2) is 136 Å². The molecule has 0 aliphatic heterocycles. The lowest BCUT2D eigenvalue weighted by Crippen LogP contribution is -2.53. The number of amides is 4. The van der Waals surface area contributed by atoms with Gasteiger partial charge in [-0.15, -0.1) is 0 Å². The smallest absolute Gasteiger partial charge is 0.311 e. The predicted octanol–water partition coefficient (Wildman–Crippen LogP) is 4.13. The number of aliphatic hydroxyl groups is 1. The average molecular weight is 941 g/mol. The Kier molecular flexibility index (Phi) is 23.3. The number of carbonyl (C=O) groups is 8. The van der Waals surface area contributed by atoms with Gasteiger partial charge < -0.3 is 49.6 Å². The first-order chi connectivity index (χ1) is 30.2. The van der Waals surface area contributed by atoms with Crippen molar-refractivity contribution in [2.24, 2.45) is 44.3 Å². The van der Waals surface area contributed by atoms with Gasteiger partial charge in [0.05, 0.1) is 28.3 Å². The summed E-state index contributed by atoms with van der Waals surface area (Å²) in [5.74, 6) is -4.20. The zero-order chi connectivity index (χ0) is 50.9. The molecule has 1 aliphatic carbocycles. The lowest BCUT2D eigenvalue weighted by Gasteiger charge is -2.31. The van der Waals surface area contributed by atoms with E-state index in [1.807, 2.05) is 0 Å². The van der Waals surface area contributed by atoms with Crippen LogP contribution in [-0.2, 0) is 62.0 Å². The minimum Gasteiger partial charge on any atom is -0.464 e. The first-order valence-corrected chi connectivity index (χ1v) is 23.2. The number of ether oxygens (including phenoxy) is 5. The van der Waals surface area contributed by atoms with Crippen LogP contribution in [0.25, 0.3) is 0 Å². The molecule has 18 nitrogen and oxygen atoms in total. The molecule has 0 unspecified atom stereocenters. The Hall–Kier alpha value is -4.32. The minimum absolute atomic E-state index is 0.0369. The number of rotatable bonds is 24. The third-order valence-corrected chi connectivity index (χ3v) is 11.1. The molecule has 4 amide bonds. The molecule has 0 aromatic heterocycles. The van der Waals surface area contributed by atoms with Crippen LogP contribution in [0, 0.1) is 44.3 Å². The van der Waals surface area contributed by atoms with Crippen LogP contribution >= 0.6 is 0 Å². The van der Waals surface area contributed by atoms with Crippen molar-refractivity contribution >= 4 is 47.5 Å². The van der Waals surface area contributed by atoms with Crippen molar-refractivity contribution in [1.29, 1.82) is 0 Å². The van der Waals surface area contributed by atoms with Gasteiger partial charge in [-0.25, -0.2) is 0 Å². The number of hydrogen-bond acceptors (Lipinski definition) is 14. The van der Waals surface area contributed by atoms with E-state index in [1.54, 1.807) is 90.2 Å². The highest BCUT2D eigenvalue weighted by molar-refractivity contribution is 5.89. The van der Waals surface area contributed by atoms with Crippen LogP contribution in [0.1, 0.15) is 135 Å². The Bertz CT molecular complexity index is 1500. The lowest BCUT2D eigenvalue weighted by atomic mass is 9.82. The summed E-state index contributed by atoms with van der Waals surface area (Å²) in [6.07, 6.45) is 3.22. The average Bonchev–Trinajstić information content (AvgIpc) is 3.22. The lowest BCUT2D eigenvalue weighted by molar-refractivity contribution is -0.168. The summed E-state index contributed by atoms with van der Waals surface area (Å²) >= 11 is 0. The molecule has 18 heteroatoms. The SMILES string of the molecule is COCC1CCC(C(=O)N[C@H](CO)C(=O)N(CCCNC(=O)C(C)(COC(=O)C(C)(C)C)COC(=O)C(C)(C)C)CCCNC(=O)C(C)(COC(=O)C(C)(C)C)COC(=O)C(C)(C)C)CC1. The van der Waals surface area contributed by atoms with Crippen molar-refractivity contribution in [3.8, 4) is 0 Å². The number of hydrogen-bond donors (Lipinski definition) is 4. The highest BCUT2D eigenvalue weighted by Crippen LogP contribution is 2.30. The standard InChI is InChI=1S/C48H84N4O14/c1-43(2,3)39(58)63-28-47(13,29-64-40(59)44(4,5)6)37(56)49-22-16-24-52(36(55)34(26-53)51-35(54)33-20-18-32(19-21-33)27-62-15)25-17-23-50-38(57)48(14,30-65-41(60)45(7,8)9)31-66-42(61)46(10,11)12/h32-34,53H,16-31H2,1-15H3,(H,49,56)(H,50,57)(H,51,54)/t32?,33?,34-/m1/s1. The molecule has 0 spiro atoms. The van der Waals surface area contributed by atoms with Gasteiger partial charge in [-0.3, -0.25) is 38.4 Å². The van der Waals surface area contributed by atoms with Gasteiger partial charge in [-0.2, -0.15) is 0 Å². The molecule has 1 saturated carbocycles. The van der Waals surface area contributed by atoms with Gasteiger partial charge in [-0.1, -0.05) is 0 Å². The Morgan fingerprint density at radius 1 is 0.561 bits per heavy atom. The summed E-state index contributed by atoms with van der Waals surface area (Å²) in [5, 5.41) is 18.8. The number of aliphatic hydroxyl groups excluding tert-OH is 1. The first-order valence-electron chi connectivity index (χ1n) is 23.2. The normalized spacial score (nSPS) is 16.5. The second-order valence-electron chi connectivity index (χ2n) is 22.4. The number of nitrogens with one attached hydrogen (secondary N) is 3. The molecule has 0 aromatic carbocycles. The van der Waals surface area contributed by atoms with E-state index in [0.717, 1.165) is 12.8 Å². The van der Waals surface area contributed by atoms with E-state index in [9.17, 15) is 43.5 Å². The van der Waals surface area contributed by atoms with Crippen molar-refractivity contribution in [3.05, 3.63) is 0 Å². The molecule has 1 rings (SSSR count). The molecule has 4 N–H and O–H groups in total. The fourth-order valence-corrected chi connectivity index (χ4v) is 6.34. The second-order valence-corrected chi connectivity index (χ2v) is 22.4. The van der Waals surface area contributed by atoms with E-state index in [-0.39, 0.29) is 77.3 Å². The molecular weight excluding hydrogens is 857 g/mol. The molecule has 66 heavy (non-hydrogen) atoms. The van der Waals surface area contributed by atoms with Crippen molar-refractivity contribution in [2.45, 2.75) is 141 Å². The van der Waals surface area contributed by atoms with Crippen LogP contribution in [0.15, 0.2) is 0 Å². The van der Waals surface area contributed by atoms with E-state index in [0.29, 0.717) is 25.4 Å². The van der Waals surface area contributed by atoms with Gasteiger partial charge in [-0.05, 0) is 141 Å². The number of methoxy groups -OCH3 is 1. The molecule has 0 bridgehead atoms. The molecule has 0 heterocycles. The fraction of sp³-hybridized carbons (Fsp3) is 0.833. The third-order valence-electron chi connectivity index (χ3n) is 11.1. The predicted molar refractivity (Wildman–Crippen MR) is 246 cm³/mol. The molecule has 1 fully saturated rings. The summed E-state index contributed by atoms with van der Waals surface area (Å²) in [6, 6.07) is -1.27. The van der Waals surface area contributed by atoms with Gasteiger partial charge in [0.2, 0.25) is 23.6 Å². The molecule has 1 atom stereocenters. The van der Waals surface area contributed by atoms with Gasteiger partial charge in [0, 0.05) is 45.8 Å². The van der Waals surface area contributed by atoms with Crippen molar-refractivity contribution in [1.82, 2.24) is 20.9 Å². The highest BCUT2D eigenvalue weighted by Gasteiger charge is 2.41. The van der Waals surface area contributed by atoms with Crippen molar-refractivity contribution in [2.75, 3.05) is 72.9 Å². The summed E-state index contributed by atoms with van der Waals surface area (Å²) in [5.41, 5.74) is -6.33. The molecule has 1 aliphatic rings. The first kappa shape index (κ1) is 59.7. The van der Waals surface area contributed by atoms with E-state index in [2.05, 4.69) is 16.0 Å². The fourth-order valence-electron chi connectivity index (χ4n) is 6.34. The van der Waals surface area contributed by atoms with E-state index in [1.165, 1.54) is 18.7 Å². The van der Waals surface area contributed by atoms with Crippen LogP contribution in [0.2, 0.25) is 0 Å². The molecule has 0 saturated heterocycles. The van der Waals surface area contributed by atoms with Gasteiger partial charge in [0.25, 0.3) is 0 Å². The van der Waals surface area contributed by atoms with Crippen molar-refractivity contribution < 1.29 is 67.1 Å². The van der Waals surface area contributed by atoms with E-state index in [4.69, 9.17) is 23.7 Å². The Balaban J connectivity index is 3.26. The van der Waals surface area contributed by atoms with Gasteiger partial charge in [0.15, 0.2) is 0 Å². The maximum Gasteiger partial charge on any atom is 0.311 e. The summed E-state index contributed by atoms with van der Waals surface area (Å²) in [6.45, 7) is 21.7. The van der Waals surface area contributed by atoms with Gasteiger partial charge in [0.1, 0.15) is 43.3 Å². The largest absolute Gasteiger partial charge is 0.464 e. The number of esters is 4. The summed E-state index contributed by atoms with van der Waals surface area (Å²) in [7, 11) is 1.64. The topological polar surface area (TPSA) is 242 Å². The number of nitrogens with zero attached hydrogens (tertiary/aromatic N) is 1. The Morgan fingerprint density at radius 3 is 1.18 bits per heavy atom. The number of carbonyl (C=O) groups excluding carboxylic acids is 8.